The minimum Gasteiger partial charge on any atom is -0.336 e. The van der Waals surface area contributed by atoms with Crippen molar-refractivity contribution >= 4 is 44.9 Å². The fourth-order valence-electron chi connectivity index (χ4n) is 2.86. The van der Waals surface area contributed by atoms with Gasteiger partial charge in [-0.2, -0.15) is 11.8 Å². The number of carbonyl (C=O) groups excluding carboxylic acids is 1. The number of carbonyl (C=O) groups is 1. The Hall–Kier alpha value is -0.820. The summed E-state index contributed by atoms with van der Waals surface area (Å²) < 4.78 is 1.18. The van der Waals surface area contributed by atoms with Gasteiger partial charge in [0.25, 0.3) is 5.91 Å². The number of hydrogen-bond acceptors (Lipinski definition) is 4. The number of nitrogens with zero attached hydrogens (tertiary/aromatic N) is 2. The monoisotopic (exact) mass is 424 g/mol. The Kier molecular flexibility index (Phi) is 6.38. The lowest BCUT2D eigenvalue weighted by molar-refractivity contribution is 0.0629. The molecule has 1 aromatic carbocycles. The summed E-state index contributed by atoms with van der Waals surface area (Å²) >= 11 is 7.09. The van der Waals surface area contributed by atoms with E-state index >= 15 is 0 Å². The molecule has 0 bridgehead atoms. The van der Waals surface area contributed by atoms with Crippen LogP contribution in [0.3, 0.4) is 0 Å². The lowest BCUT2D eigenvalue weighted by Gasteiger charge is -2.34. The van der Waals surface area contributed by atoms with Crippen LogP contribution in [0.15, 0.2) is 40.2 Å². The van der Waals surface area contributed by atoms with Gasteiger partial charge in [0.15, 0.2) is 0 Å². The molecule has 0 aliphatic carbocycles. The third-order valence-corrected chi connectivity index (χ3v) is 6.41. The molecule has 128 valence electrons. The van der Waals surface area contributed by atoms with Crippen LogP contribution >= 0.6 is 39.0 Å². The zero-order chi connectivity index (χ0) is 16.9. The van der Waals surface area contributed by atoms with Crippen LogP contribution in [0.2, 0.25) is 0 Å². The standard InChI is InChI=1S/C18H21BrN2OS2/c1-23-13-14-2-4-15(5-3-14)18(22)21-10-8-20(9-11-21)12-16-6-7-17(19)24-16/h2-7H,8-13H2,1H3. The average molecular weight is 425 g/mol. The number of rotatable bonds is 5. The number of halogens is 1. The minimum atomic E-state index is 0.157. The van der Waals surface area contributed by atoms with Gasteiger partial charge in [0.2, 0.25) is 0 Å². The summed E-state index contributed by atoms with van der Waals surface area (Å²) in [6.07, 6.45) is 2.09. The van der Waals surface area contributed by atoms with Crippen LogP contribution in [-0.2, 0) is 12.3 Å². The average Bonchev–Trinajstić information content (AvgIpc) is 3.01. The van der Waals surface area contributed by atoms with Gasteiger partial charge in [0, 0.05) is 48.9 Å². The van der Waals surface area contributed by atoms with Gasteiger partial charge in [0.05, 0.1) is 3.79 Å². The summed E-state index contributed by atoms with van der Waals surface area (Å²) in [5.41, 5.74) is 2.07. The van der Waals surface area contributed by atoms with E-state index in [1.165, 1.54) is 14.2 Å². The van der Waals surface area contributed by atoms with Crippen molar-refractivity contribution in [3.63, 3.8) is 0 Å². The molecule has 1 aliphatic rings. The van der Waals surface area contributed by atoms with E-state index in [4.69, 9.17) is 0 Å². The summed E-state index contributed by atoms with van der Waals surface area (Å²) in [5.74, 6) is 1.15. The molecule has 3 nitrogen and oxygen atoms in total. The smallest absolute Gasteiger partial charge is 0.253 e. The zero-order valence-electron chi connectivity index (χ0n) is 13.7. The first-order chi connectivity index (χ1) is 11.7. The Morgan fingerprint density at radius 3 is 2.42 bits per heavy atom. The molecule has 1 aliphatic heterocycles. The highest BCUT2D eigenvalue weighted by atomic mass is 79.9. The molecule has 1 saturated heterocycles. The molecule has 0 N–H and O–H groups in total. The van der Waals surface area contributed by atoms with Crippen LogP contribution in [0, 0.1) is 0 Å². The second-order valence-electron chi connectivity index (χ2n) is 5.90. The van der Waals surface area contributed by atoms with Gasteiger partial charge in [-0.25, -0.2) is 0 Å². The molecule has 0 saturated carbocycles. The number of hydrogen-bond donors (Lipinski definition) is 0. The van der Waals surface area contributed by atoms with E-state index in [1.807, 2.05) is 17.0 Å². The highest BCUT2D eigenvalue weighted by molar-refractivity contribution is 9.11. The molecular formula is C18H21BrN2OS2. The van der Waals surface area contributed by atoms with Crippen molar-refractivity contribution in [2.75, 3.05) is 32.4 Å². The van der Waals surface area contributed by atoms with Gasteiger partial charge in [-0.1, -0.05) is 12.1 Å². The Labute approximate surface area is 160 Å². The molecule has 1 fully saturated rings. The summed E-state index contributed by atoms with van der Waals surface area (Å²) in [6.45, 7) is 4.45. The van der Waals surface area contributed by atoms with Crippen LogP contribution in [0.1, 0.15) is 20.8 Å². The summed E-state index contributed by atoms with van der Waals surface area (Å²) in [4.78, 5) is 18.4. The SMILES string of the molecule is CSCc1ccc(C(=O)N2CCN(Cc3ccc(Br)s3)CC2)cc1. The lowest BCUT2D eigenvalue weighted by atomic mass is 10.1. The van der Waals surface area contributed by atoms with Gasteiger partial charge >= 0.3 is 0 Å². The van der Waals surface area contributed by atoms with Crippen molar-refractivity contribution in [3.05, 3.63) is 56.2 Å². The second kappa shape index (κ2) is 8.52. The molecule has 1 aromatic heterocycles. The fraction of sp³-hybridized carbons (Fsp3) is 0.389. The highest BCUT2D eigenvalue weighted by Crippen LogP contribution is 2.23. The maximum absolute atomic E-state index is 12.6. The number of piperazine rings is 1. The van der Waals surface area contributed by atoms with Crippen molar-refractivity contribution in [1.29, 1.82) is 0 Å². The first kappa shape index (κ1) is 18.0. The summed E-state index contributed by atoms with van der Waals surface area (Å²) in [5, 5.41) is 0. The molecular weight excluding hydrogens is 404 g/mol. The van der Waals surface area contributed by atoms with E-state index in [9.17, 15) is 4.79 Å². The van der Waals surface area contributed by atoms with Crippen LogP contribution < -0.4 is 0 Å². The zero-order valence-corrected chi connectivity index (χ0v) is 16.9. The van der Waals surface area contributed by atoms with Crippen LogP contribution in [0.5, 0.6) is 0 Å². The summed E-state index contributed by atoms with van der Waals surface area (Å²) in [6, 6.07) is 12.3. The lowest BCUT2D eigenvalue weighted by Crippen LogP contribution is -2.48. The van der Waals surface area contributed by atoms with Crippen molar-refractivity contribution < 1.29 is 4.79 Å². The van der Waals surface area contributed by atoms with Gasteiger partial charge in [-0.3, -0.25) is 9.69 Å². The number of thioether (sulfide) groups is 1. The first-order valence-electron chi connectivity index (χ1n) is 7.99. The topological polar surface area (TPSA) is 23.6 Å². The predicted octanol–water partition coefficient (Wildman–Crippen LogP) is 4.33. The highest BCUT2D eigenvalue weighted by Gasteiger charge is 2.22. The van der Waals surface area contributed by atoms with Gasteiger partial charge in [-0.15, -0.1) is 11.3 Å². The van der Waals surface area contributed by atoms with Gasteiger partial charge < -0.3 is 4.90 Å². The van der Waals surface area contributed by atoms with E-state index < -0.39 is 0 Å². The molecule has 0 atom stereocenters. The van der Waals surface area contributed by atoms with Crippen LogP contribution in [0.4, 0.5) is 0 Å². The predicted molar refractivity (Wildman–Crippen MR) is 107 cm³/mol. The van der Waals surface area contributed by atoms with E-state index in [0.717, 1.165) is 44.0 Å². The third-order valence-electron chi connectivity index (χ3n) is 4.18. The summed E-state index contributed by atoms with van der Waals surface area (Å²) in [7, 11) is 0. The van der Waals surface area contributed by atoms with Crippen molar-refractivity contribution in [2.45, 2.75) is 12.3 Å². The number of thiophene rings is 1. The van der Waals surface area contributed by atoms with Crippen molar-refractivity contribution in [2.24, 2.45) is 0 Å². The molecule has 2 aromatic rings. The Morgan fingerprint density at radius 2 is 1.83 bits per heavy atom. The quantitative estimate of drug-likeness (QED) is 0.713. The molecule has 24 heavy (non-hydrogen) atoms. The van der Waals surface area contributed by atoms with Gasteiger partial charge in [-0.05, 0) is 52.0 Å². The molecule has 1 amide bonds. The Bertz CT molecular complexity index is 679. The number of amides is 1. The number of benzene rings is 1. The minimum absolute atomic E-state index is 0.157. The maximum atomic E-state index is 12.6. The largest absolute Gasteiger partial charge is 0.336 e. The first-order valence-corrected chi connectivity index (χ1v) is 11.0. The van der Waals surface area contributed by atoms with E-state index in [0.29, 0.717) is 0 Å². The molecule has 3 rings (SSSR count). The van der Waals surface area contributed by atoms with Crippen LogP contribution in [-0.4, -0.2) is 48.1 Å². The molecule has 0 spiro atoms. The Morgan fingerprint density at radius 1 is 1.12 bits per heavy atom. The maximum Gasteiger partial charge on any atom is 0.253 e. The van der Waals surface area contributed by atoms with Crippen molar-refractivity contribution in [1.82, 2.24) is 9.80 Å². The third kappa shape index (κ3) is 4.63. The van der Waals surface area contributed by atoms with E-state index in [-0.39, 0.29) is 5.91 Å². The normalized spacial score (nSPS) is 15.7. The molecule has 2 heterocycles. The molecule has 0 radical (unpaired) electrons. The molecule has 0 unspecified atom stereocenters. The fourth-order valence-corrected chi connectivity index (χ4v) is 4.91. The van der Waals surface area contributed by atoms with E-state index in [1.54, 1.807) is 23.1 Å². The molecule has 6 heteroatoms. The van der Waals surface area contributed by atoms with Crippen molar-refractivity contribution in [3.8, 4) is 0 Å². The second-order valence-corrected chi connectivity index (χ2v) is 9.32. The van der Waals surface area contributed by atoms with E-state index in [2.05, 4.69) is 51.4 Å². The van der Waals surface area contributed by atoms with Crippen LogP contribution in [0.25, 0.3) is 0 Å². The van der Waals surface area contributed by atoms with Gasteiger partial charge in [0.1, 0.15) is 0 Å². The Balaban J connectivity index is 1.52.